The number of aromatic nitrogens is 2. The van der Waals surface area contributed by atoms with E-state index in [0.717, 1.165) is 36.5 Å². The van der Waals surface area contributed by atoms with Crippen LogP contribution in [0.15, 0.2) is 18.2 Å². The normalized spacial score (nSPS) is 16.6. The number of nitrogens with zero attached hydrogens (tertiary/aromatic N) is 2. The summed E-state index contributed by atoms with van der Waals surface area (Å²) in [5.41, 5.74) is 3.54. The molecule has 3 rings (SSSR count). The molecule has 17 heavy (non-hydrogen) atoms. The molecular formula is C13H18N4. The van der Waals surface area contributed by atoms with Gasteiger partial charge in [-0.3, -0.25) is 4.90 Å². The number of H-pyrrole nitrogens is 1. The van der Waals surface area contributed by atoms with Gasteiger partial charge in [0.2, 0.25) is 0 Å². The molecule has 90 valence electrons. The van der Waals surface area contributed by atoms with Gasteiger partial charge < -0.3 is 10.3 Å². The lowest BCUT2D eigenvalue weighted by molar-refractivity contribution is 0.173. The van der Waals surface area contributed by atoms with E-state index in [2.05, 4.69) is 45.4 Å². The van der Waals surface area contributed by atoms with Gasteiger partial charge in [-0.05, 0) is 31.7 Å². The lowest BCUT2D eigenvalue weighted by Crippen LogP contribution is -2.55. The Hall–Kier alpha value is -1.39. The van der Waals surface area contributed by atoms with Crippen molar-refractivity contribution < 1.29 is 0 Å². The summed E-state index contributed by atoms with van der Waals surface area (Å²) in [5, 5.41) is 3.30. The quantitative estimate of drug-likeness (QED) is 0.834. The van der Waals surface area contributed by atoms with Gasteiger partial charge in [-0.2, -0.15) is 0 Å². The second-order valence-corrected chi connectivity index (χ2v) is 4.90. The van der Waals surface area contributed by atoms with Crippen LogP contribution in [0.25, 0.3) is 11.0 Å². The second-order valence-electron chi connectivity index (χ2n) is 4.90. The van der Waals surface area contributed by atoms with Crippen molar-refractivity contribution in [2.45, 2.75) is 19.5 Å². The predicted molar refractivity (Wildman–Crippen MR) is 69.0 cm³/mol. The van der Waals surface area contributed by atoms with Crippen LogP contribution in [0.5, 0.6) is 0 Å². The monoisotopic (exact) mass is 230 g/mol. The SMILES string of the molecule is Cc1nc2ccc(CN(C)C3CNC3)cc2[nH]1. The number of aromatic amines is 1. The van der Waals surface area contributed by atoms with Crippen LogP contribution < -0.4 is 5.32 Å². The summed E-state index contributed by atoms with van der Waals surface area (Å²) in [6.45, 7) is 5.22. The standard InChI is InChI=1S/C13H18N4/c1-9-15-12-4-3-10(5-13(12)16-9)8-17(2)11-6-14-7-11/h3-5,11,14H,6-8H2,1-2H3,(H,15,16). The highest BCUT2D eigenvalue weighted by Crippen LogP contribution is 2.16. The first kappa shape index (κ1) is 10.7. The van der Waals surface area contributed by atoms with Gasteiger partial charge in [-0.25, -0.2) is 4.98 Å². The number of benzene rings is 1. The Morgan fingerprint density at radius 1 is 1.41 bits per heavy atom. The molecule has 0 amide bonds. The van der Waals surface area contributed by atoms with Crippen LogP contribution in [0.2, 0.25) is 0 Å². The lowest BCUT2D eigenvalue weighted by atomic mass is 10.1. The van der Waals surface area contributed by atoms with E-state index < -0.39 is 0 Å². The topological polar surface area (TPSA) is 44.0 Å². The third-order valence-corrected chi connectivity index (χ3v) is 3.48. The van der Waals surface area contributed by atoms with Crippen LogP contribution >= 0.6 is 0 Å². The highest BCUT2D eigenvalue weighted by molar-refractivity contribution is 5.75. The van der Waals surface area contributed by atoms with Crippen molar-refractivity contribution in [3.63, 3.8) is 0 Å². The Labute approximate surface area is 101 Å². The fourth-order valence-electron chi connectivity index (χ4n) is 2.28. The van der Waals surface area contributed by atoms with Crippen molar-refractivity contribution in [3.05, 3.63) is 29.6 Å². The summed E-state index contributed by atoms with van der Waals surface area (Å²) >= 11 is 0. The van der Waals surface area contributed by atoms with Gasteiger partial charge in [0, 0.05) is 25.7 Å². The summed E-state index contributed by atoms with van der Waals surface area (Å²) in [5.74, 6) is 0.980. The molecule has 0 bridgehead atoms. The summed E-state index contributed by atoms with van der Waals surface area (Å²) in [7, 11) is 2.19. The molecule has 1 aromatic carbocycles. The molecule has 4 heteroatoms. The summed E-state index contributed by atoms with van der Waals surface area (Å²) < 4.78 is 0. The van der Waals surface area contributed by atoms with Crippen LogP contribution in [0.4, 0.5) is 0 Å². The minimum atomic E-state index is 0.689. The molecule has 2 aromatic rings. The average Bonchev–Trinajstić information content (AvgIpc) is 2.54. The van der Waals surface area contributed by atoms with E-state index in [1.54, 1.807) is 0 Å². The van der Waals surface area contributed by atoms with Crippen molar-refractivity contribution in [2.24, 2.45) is 0 Å². The Kier molecular flexibility index (Phi) is 2.61. The van der Waals surface area contributed by atoms with Crippen LogP contribution in [-0.2, 0) is 6.54 Å². The molecular weight excluding hydrogens is 212 g/mol. The third-order valence-electron chi connectivity index (χ3n) is 3.48. The number of likely N-dealkylation sites (N-methyl/N-ethyl adjacent to an activating group) is 1. The first-order valence-corrected chi connectivity index (χ1v) is 6.08. The molecule has 1 aliphatic rings. The average molecular weight is 230 g/mol. The van der Waals surface area contributed by atoms with Gasteiger partial charge in [0.05, 0.1) is 11.0 Å². The smallest absolute Gasteiger partial charge is 0.104 e. The highest BCUT2D eigenvalue weighted by Gasteiger charge is 2.21. The van der Waals surface area contributed by atoms with E-state index in [1.807, 2.05) is 6.92 Å². The zero-order valence-corrected chi connectivity index (χ0v) is 10.3. The number of fused-ring (bicyclic) bond motifs is 1. The number of nitrogens with one attached hydrogen (secondary N) is 2. The van der Waals surface area contributed by atoms with Crippen molar-refractivity contribution in [1.82, 2.24) is 20.2 Å². The molecule has 0 unspecified atom stereocenters. The zero-order chi connectivity index (χ0) is 11.8. The van der Waals surface area contributed by atoms with Gasteiger partial charge in [-0.15, -0.1) is 0 Å². The number of aryl methyl sites for hydroxylation is 1. The zero-order valence-electron chi connectivity index (χ0n) is 10.3. The van der Waals surface area contributed by atoms with Gasteiger partial charge in [0.15, 0.2) is 0 Å². The van der Waals surface area contributed by atoms with Gasteiger partial charge in [0.1, 0.15) is 5.82 Å². The fourth-order valence-corrected chi connectivity index (χ4v) is 2.28. The number of imidazole rings is 1. The molecule has 0 saturated carbocycles. The molecule has 0 radical (unpaired) electrons. The van der Waals surface area contributed by atoms with Crippen LogP contribution in [0.1, 0.15) is 11.4 Å². The van der Waals surface area contributed by atoms with E-state index in [1.165, 1.54) is 5.56 Å². The molecule has 2 N–H and O–H groups in total. The maximum Gasteiger partial charge on any atom is 0.104 e. The predicted octanol–water partition coefficient (Wildman–Crippen LogP) is 1.27. The number of rotatable bonds is 3. The first-order valence-electron chi connectivity index (χ1n) is 6.08. The van der Waals surface area contributed by atoms with E-state index in [-0.39, 0.29) is 0 Å². The van der Waals surface area contributed by atoms with Crippen molar-refractivity contribution in [3.8, 4) is 0 Å². The van der Waals surface area contributed by atoms with Crippen molar-refractivity contribution >= 4 is 11.0 Å². The summed E-state index contributed by atoms with van der Waals surface area (Å²) in [6.07, 6.45) is 0. The number of hydrogen-bond acceptors (Lipinski definition) is 3. The van der Waals surface area contributed by atoms with Crippen molar-refractivity contribution in [1.29, 1.82) is 0 Å². The molecule has 1 fully saturated rings. The third kappa shape index (κ3) is 2.06. The Balaban J connectivity index is 1.79. The largest absolute Gasteiger partial charge is 0.342 e. The molecule has 1 aliphatic heterocycles. The molecule has 0 aliphatic carbocycles. The molecule has 0 atom stereocenters. The maximum atomic E-state index is 4.42. The second kappa shape index (κ2) is 4.13. The van der Waals surface area contributed by atoms with Gasteiger partial charge in [-0.1, -0.05) is 6.07 Å². The minimum Gasteiger partial charge on any atom is -0.342 e. The Bertz CT molecular complexity index is 527. The van der Waals surface area contributed by atoms with Crippen LogP contribution in [-0.4, -0.2) is 41.0 Å². The van der Waals surface area contributed by atoms with Crippen LogP contribution in [0.3, 0.4) is 0 Å². The molecule has 0 spiro atoms. The molecule has 4 nitrogen and oxygen atoms in total. The summed E-state index contributed by atoms with van der Waals surface area (Å²) in [4.78, 5) is 10.1. The van der Waals surface area contributed by atoms with E-state index in [0.29, 0.717) is 6.04 Å². The molecule has 1 aromatic heterocycles. The minimum absolute atomic E-state index is 0.689. The molecule has 2 heterocycles. The Morgan fingerprint density at radius 3 is 2.94 bits per heavy atom. The van der Waals surface area contributed by atoms with E-state index >= 15 is 0 Å². The van der Waals surface area contributed by atoms with Crippen LogP contribution in [0, 0.1) is 6.92 Å². The maximum absolute atomic E-state index is 4.42. The Morgan fingerprint density at radius 2 is 2.24 bits per heavy atom. The highest BCUT2D eigenvalue weighted by atomic mass is 15.2. The van der Waals surface area contributed by atoms with Gasteiger partial charge >= 0.3 is 0 Å². The lowest BCUT2D eigenvalue weighted by Gasteiger charge is -2.35. The van der Waals surface area contributed by atoms with Crippen molar-refractivity contribution in [2.75, 3.05) is 20.1 Å². The van der Waals surface area contributed by atoms with E-state index in [9.17, 15) is 0 Å². The summed E-state index contributed by atoms with van der Waals surface area (Å²) in [6, 6.07) is 7.17. The fraction of sp³-hybridized carbons (Fsp3) is 0.462. The van der Waals surface area contributed by atoms with E-state index in [4.69, 9.17) is 0 Å². The number of hydrogen-bond donors (Lipinski definition) is 2. The molecule has 1 saturated heterocycles. The first-order chi connectivity index (χ1) is 8.22. The van der Waals surface area contributed by atoms with Gasteiger partial charge in [0.25, 0.3) is 0 Å².